The van der Waals surface area contributed by atoms with Gasteiger partial charge in [0.25, 0.3) is 5.56 Å². The molecule has 0 radical (unpaired) electrons. The molecule has 140 valence electrons. The lowest BCUT2D eigenvalue weighted by Crippen LogP contribution is -2.37. The number of nitrogens with zero attached hydrogens (tertiary/aromatic N) is 4. The summed E-state index contributed by atoms with van der Waals surface area (Å²) in [5.74, 6) is 0.141. The zero-order valence-electron chi connectivity index (χ0n) is 15.2. The molecule has 1 aliphatic rings. The third-order valence-electron chi connectivity index (χ3n) is 4.47. The number of carbonyl (C=O) groups excluding carboxylic acids is 1. The van der Waals surface area contributed by atoms with Gasteiger partial charge in [0, 0.05) is 23.8 Å². The number of aromatic nitrogens is 4. The van der Waals surface area contributed by atoms with Gasteiger partial charge in [-0.1, -0.05) is 38.6 Å². The molecule has 0 fully saturated rings. The summed E-state index contributed by atoms with van der Waals surface area (Å²) in [5, 5.41) is 3.63. The number of carbonyl (C=O) groups is 1. The van der Waals surface area contributed by atoms with E-state index in [0.717, 1.165) is 22.9 Å². The Morgan fingerprint density at radius 2 is 2.11 bits per heavy atom. The van der Waals surface area contributed by atoms with Gasteiger partial charge in [0.1, 0.15) is 11.0 Å². The molecule has 1 N–H and O–H groups in total. The van der Waals surface area contributed by atoms with E-state index in [1.54, 1.807) is 10.6 Å². The number of hydrogen-bond donors (Lipinski definition) is 1. The van der Waals surface area contributed by atoms with Gasteiger partial charge in [0.2, 0.25) is 5.91 Å². The first-order valence-electron chi connectivity index (χ1n) is 8.60. The highest BCUT2D eigenvalue weighted by molar-refractivity contribution is 7.99. The van der Waals surface area contributed by atoms with E-state index in [0.29, 0.717) is 28.7 Å². The van der Waals surface area contributed by atoms with Gasteiger partial charge in [-0.05, 0) is 12.1 Å². The Labute approximate surface area is 164 Å². The SMILES string of the molecule is CC(C)(C)c1cc(=O)n2c(n1)SCC(C(=O)Nc1cccc3nsnc13)C2. The van der Waals surface area contributed by atoms with Gasteiger partial charge in [-0.2, -0.15) is 8.75 Å². The molecular weight excluding hydrogens is 382 g/mol. The Morgan fingerprint density at radius 1 is 1.30 bits per heavy atom. The number of anilines is 1. The van der Waals surface area contributed by atoms with E-state index in [2.05, 4.69) is 19.0 Å². The predicted octanol–water partition coefficient (Wildman–Crippen LogP) is 2.91. The molecule has 0 bridgehead atoms. The molecule has 27 heavy (non-hydrogen) atoms. The first kappa shape index (κ1) is 18.1. The van der Waals surface area contributed by atoms with Gasteiger partial charge in [0.05, 0.1) is 29.0 Å². The van der Waals surface area contributed by atoms with Crippen molar-refractivity contribution in [1.82, 2.24) is 18.3 Å². The van der Waals surface area contributed by atoms with E-state index in [9.17, 15) is 9.59 Å². The van der Waals surface area contributed by atoms with Crippen LogP contribution in [0.25, 0.3) is 11.0 Å². The summed E-state index contributed by atoms with van der Waals surface area (Å²) in [6.07, 6.45) is 0. The molecule has 3 heterocycles. The largest absolute Gasteiger partial charge is 0.324 e. The van der Waals surface area contributed by atoms with E-state index in [-0.39, 0.29) is 22.8 Å². The highest BCUT2D eigenvalue weighted by atomic mass is 32.2. The summed E-state index contributed by atoms with van der Waals surface area (Å²) in [4.78, 5) is 30.0. The van der Waals surface area contributed by atoms with Crippen molar-refractivity contribution in [2.75, 3.05) is 11.1 Å². The quantitative estimate of drug-likeness (QED) is 0.664. The van der Waals surface area contributed by atoms with Gasteiger partial charge < -0.3 is 5.32 Å². The van der Waals surface area contributed by atoms with Crippen LogP contribution in [0, 0.1) is 5.92 Å². The summed E-state index contributed by atoms with van der Waals surface area (Å²) in [7, 11) is 0. The molecule has 0 saturated carbocycles. The Morgan fingerprint density at radius 3 is 2.89 bits per heavy atom. The lowest BCUT2D eigenvalue weighted by atomic mass is 9.92. The Hall–Kier alpha value is -2.26. The molecule has 3 aromatic rings. The lowest BCUT2D eigenvalue weighted by Gasteiger charge is -2.26. The van der Waals surface area contributed by atoms with Crippen molar-refractivity contribution >= 4 is 46.1 Å². The topological polar surface area (TPSA) is 89.8 Å². The Balaban J connectivity index is 1.57. The number of rotatable bonds is 2. The molecule has 1 atom stereocenters. The van der Waals surface area contributed by atoms with Gasteiger partial charge in [-0.15, -0.1) is 0 Å². The average Bonchev–Trinajstić information content (AvgIpc) is 3.10. The molecule has 7 nitrogen and oxygen atoms in total. The minimum atomic E-state index is -0.315. The standard InChI is InChI=1S/C18H19N5O2S2/c1-18(2,3)13-7-14(24)23-8-10(9-26-17(23)20-13)16(25)19-11-5-4-6-12-15(11)22-27-21-12/h4-7,10H,8-9H2,1-3H3,(H,19,25). The molecule has 1 aliphatic heterocycles. The van der Waals surface area contributed by atoms with Crippen molar-refractivity contribution in [3.05, 3.63) is 40.3 Å². The zero-order valence-corrected chi connectivity index (χ0v) is 16.9. The van der Waals surface area contributed by atoms with Crippen molar-refractivity contribution in [1.29, 1.82) is 0 Å². The van der Waals surface area contributed by atoms with Crippen LogP contribution in [-0.4, -0.2) is 30.0 Å². The molecule has 0 spiro atoms. The monoisotopic (exact) mass is 401 g/mol. The molecule has 0 aliphatic carbocycles. The second kappa shape index (κ2) is 6.72. The number of nitrogens with one attached hydrogen (secondary N) is 1. The Kier molecular flexibility index (Phi) is 4.51. The highest BCUT2D eigenvalue weighted by Crippen LogP contribution is 2.29. The number of fused-ring (bicyclic) bond motifs is 2. The number of benzene rings is 1. The fraction of sp³-hybridized carbons (Fsp3) is 0.389. The van der Waals surface area contributed by atoms with Gasteiger partial charge in [-0.25, -0.2) is 4.98 Å². The van der Waals surface area contributed by atoms with E-state index in [4.69, 9.17) is 0 Å². The molecule has 1 unspecified atom stereocenters. The second-order valence-electron chi connectivity index (χ2n) is 7.56. The van der Waals surface area contributed by atoms with Crippen molar-refractivity contribution in [2.24, 2.45) is 5.92 Å². The van der Waals surface area contributed by atoms with Crippen LogP contribution in [-0.2, 0) is 16.8 Å². The van der Waals surface area contributed by atoms with Crippen LogP contribution < -0.4 is 10.9 Å². The van der Waals surface area contributed by atoms with Crippen LogP contribution in [0.2, 0.25) is 0 Å². The summed E-state index contributed by atoms with van der Waals surface area (Å²) < 4.78 is 10.0. The van der Waals surface area contributed by atoms with Crippen LogP contribution >= 0.6 is 23.5 Å². The van der Waals surface area contributed by atoms with Gasteiger partial charge >= 0.3 is 0 Å². The third kappa shape index (κ3) is 3.49. The first-order valence-corrected chi connectivity index (χ1v) is 10.3. The maximum absolute atomic E-state index is 12.8. The summed E-state index contributed by atoms with van der Waals surface area (Å²) >= 11 is 2.57. The minimum absolute atomic E-state index is 0.110. The highest BCUT2D eigenvalue weighted by Gasteiger charge is 2.29. The first-order chi connectivity index (χ1) is 12.8. The molecule has 0 saturated heterocycles. The van der Waals surface area contributed by atoms with Crippen LogP contribution in [0.1, 0.15) is 26.5 Å². The van der Waals surface area contributed by atoms with Crippen molar-refractivity contribution in [2.45, 2.75) is 37.9 Å². The second-order valence-corrected chi connectivity index (χ2v) is 9.07. The van der Waals surface area contributed by atoms with Crippen molar-refractivity contribution in [3.63, 3.8) is 0 Å². The third-order valence-corrected chi connectivity index (χ3v) is 6.15. The molecule has 4 rings (SSSR count). The summed E-state index contributed by atoms with van der Waals surface area (Å²) in [6.45, 7) is 6.42. The fourth-order valence-corrected chi connectivity index (χ4v) is 4.54. The van der Waals surface area contributed by atoms with E-state index in [1.807, 2.05) is 39.0 Å². The normalized spacial score (nSPS) is 16.9. The molecule has 1 amide bonds. The van der Waals surface area contributed by atoms with Crippen molar-refractivity contribution < 1.29 is 4.79 Å². The van der Waals surface area contributed by atoms with E-state index in [1.165, 1.54) is 11.8 Å². The van der Waals surface area contributed by atoms with Crippen LogP contribution in [0.3, 0.4) is 0 Å². The molecular formula is C18H19N5O2S2. The van der Waals surface area contributed by atoms with Crippen LogP contribution in [0.15, 0.2) is 34.2 Å². The van der Waals surface area contributed by atoms with Crippen LogP contribution in [0.4, 0.5) is 5.69 Å². The lowest BCUT2D eigenvalue weighted by molar-refractivity contribution is -0.119. The summed E-state index contributed by atoms with van der Waals surface area (Å²) in [5.41, 5.74) is 2.57. The number of hydrogen-bond acceptors (Lipinski definition) is 7. The molecule has 9 heteroatoms. The molecule has 2 aromatic heterocycles. The maximum Gasteiger partial charge on any atom is 0.254 e. The van der Waals surface area contributed by atoms with Crippen LogP contribution in [0.5, 0.6) is 0 Å². The van der Waals surface area contributed by atoms with E-state index >= 15 is 0 Å². The predicted molar refractivity (Wildman–Crippen MR) is 107 cm³/mol. The average molecular weight is 402 g/mol. The van der Waals surface area contributed by atoms with Gasteiger partial charge in [-0.3, -0.25) is 14.2 Å². The molecule has 1 aromatic carbocycles. The summed E-state index contributed by atoms with van der Waals surface area (Å²) in [6, 6.07) is 7.09. The fourth-order valence-electron chi connectivity index (χ4n) is 2.90. The van der Waals surface area contributed by atoms with E-state index < -0.39 is 0 Å². The number of thioether (sulfide) groups is 1. The zero-order chi connectivity index (χ0) is 19.2. The van der Waals surface area contributed by atoms with Crippen molar-refractivity contribution in [3.8, 4) is 0 Å². The van der Waals surface area contributed by atoms with Gasteiger partial charge in [0.15, 0.2) is 5.16 Å². The smallest absolute Gasteiger partial charge is 0.254 e. The minimum Gasteiger partial charge on any atom is -0.324 e. The number of amides is 1. The maximum atomic E-state index is 12.8. The Bertz CT molecular complexity index is 1080.